The molecule has 0 saturated heterocycles. The average molecular weight is 269 g/mol. The Hall–Kier alpha value is -2.01. The van der Waals surface area contributed by atoms with E-state index < -0.39 is 12.0 Å². The van der Waals surface area contributed by atoms with Crippen molar-refractivity contribution in [3.63, 3.8) is 0 Å². The summed E-state index contributed by atoms with van der Waals surface area (Å²) in [4.78, 5) is 22.4. The van der Waals surface area contributed by atoms with Crippen LogP contribution in [-0.2, 0) is 0 Å². The van der Waals surface area contributed by atoms with Gasteiger partial charge in [-0.05, 0) is 24.6 Å². The number of anilines is 1. The summed E-state index contributed by atoms with van der Waals surface area (Å²) in [5.74, 6) is -1.15. The van der Waals surface area contributed by atoms with Crippen molar-refractivity contribution in [3.05, 3.63) is 41.4 Å². The van der Waals surface area contributed by atoms with Crippen molar-refractivity contribution in [2.75, 3.05) is 11.9 Å². The number of hydrogen-bond acceptors (Lipinski definition) is 2. The molecule has 0 heterocycles. The Bertz CT molecular complexity index is 474. The minimum atomic E-state index is -1.15. The largest absolute Gasteiger partial charge is 0.478 e. The van der Waals surface area contributed by atoms with Crippen molar-refractivity contribution >= 4 is 29.3 Å². The van der Waals surface area contributed by atoms with E-state index in [4.69, 9.17) is 16.7 Å². The molecule has 0 atom stereocenters. The Balaban J connectivity index is 2.74. The van der Waals surface area contributed by atoms with Gasteiger partial charge in [0.2, 0.25) is 0 Å². The third kappa shape index (κ3) is 4.10. The predicted octanol–water partition coefficient (Wildman–Crippen LogP) is 2.74. The molecule has 18 heavy (non-hydrogen) atoms. The average Bonchev–Trinajstić information content (AvgIpc) is 2.31. The second kappa shape index (κ2) is 6.66. The predicted molar refractivity (Wildman–Crippen MR) is 70.2 cm³/mol. The summed E-state index contributed by atoms with van der Waals surface area (Å²) in [7, 11) is 0. The molecule has 3 N–H and O–H groups in total. The molecule has 5 nitrogen and oxygen atoms in total. The van der Waals surface area contributed by atoms with Crippen molar-refractivity contribution in [3.8, 4) is 0 Å². The lowest BCUT2D eigenvalue weighted by molar-refractivity contribution is 0.0698. The van der Waals surface area contributed by atoms with Gasteiger partial charge < -0.3 is 15.7 Å². The van der Waals surface area contributed by atoms with E-state index in [0.29, 0.717) is 18.0 Å². The number of carbonyl (C=O) groups excluding carboxylic acids is 1. The van der Waals surface area contributed by atoms with Crippen LogP contribution in [0.2, 0.25) is 5.02 Å². The van der Waals surface area contributed by atoms with Gasteiger partial charge in [-0.1, -0.05) is 17.7 Å². The van der Waals surface area contributed by atoms with Gasteiger partial charge in [0.25, 0.3) is 0 Å². The van der Waals surface area contributed by atoms with E-state index in [9.17, 15) is 9.59 Å². The van der Waals surface area contributed by atoms with E-state index >= 15 is 0 Å². The minimum Gasteiger partial charge on any atom is -0.478 e. The van der Waals surface area contributed by atoms with Crippen LogP contribution < -0.4 is 10.6 Å². The van der Waals surface area contributed by atoms with Gasteiger partial charge in [-0.2, -0.15) is 0 Å². The third-order valence-electron chi connectivity index (χ3n) is 2.09. The number of benzene rings is 1. The minimum absolute atomic E-state index is 0.0543. The number of amides is 2. The molecular formula is C12H13ClN2O3. The topological polar surface area (TPSA) is 78.4 Å². The van der Waals surface area contributed by atoms with Gasteiger partial charge in [0.05, 0.1) is 11.3 Å². The molecule has 1 rings (SSSR count). The Kier molecular flexibility index (Phi) is 5.20. The molecule has 1 aromatic rings. The van der Waals surface area contributed by atoms with Crippen LogP contribution in [0.5, 0.6) is 0 Å². The number of carboxylic acids is 1. The fourth-order valence-corrected chi connectivity index (χ4v) is 1.43. The molecule has 96 valence electrons. The third-order valence-corrected chi connectivity index (χ3v) is 2.33. The molecule has 0 aliphatic carbocycles. The summed E-state index contributed by atoms with van der Waals surface area (Å²) in [6.45, 7) is 3.96. The van der Waals surface area contributed by atoms with Crippen LogP contribution in [0.15, 0.2) is 30.9 Å². The number of aromatic carboxylic acids is 1. The summed E-state index contributed by atoms with van der Waals surface area (Å²) in [6.07, 6.45) is 2.31. The van der Waals surface area contributed by atoms with E-state index in [1.54, 1.807) is 6.08 Å². The number of rotatable bonds is 5. The zero-order chi connectivity index (χ0) is 13.5. The van der Waals surface area contributed by atoms with E-state index in [0.717, 1.165) is 0 Å². The molecule has 1 aromatic carbocycles. The Morgan fingerprint density at radius 2 is 2.17 bits per heavy atom. The quantitative estimate of drug-likeness (QED) is 0.567. The molecule has 0 radical (unpaired) electrons. The Morgan fingerprint density at radius 3 is 2.78 bits per heavy atom. The monoisotopic (exact) mass is 268 g/mol. The molecule has 0 spiro atoms. The van der Waals surface area contributed by atoms with Crippen molar-refractivity contribution < 1.29 is 14.7 Å². The number of urea groups is 1. The van der Waals surface area contributed by atoms with Gasteiger partial charge >= 0.3 is 12.0 Å². The highest BCUT2D eigenvalue weighted by atomic mass is 35.5. The number of carbonyl (C=O) groups is 2. The lowest BCUT2D eigenvalue weighted by Gasteiger charge is -2.09. The normalized spacial score (nSPS) is 9.61. The zero-order valence-corrected chi connectivity index (χ0v) is 10.3. The Labute approximate surface area is 109 Å². The van der Waals surface area contributed by atoms with Crippen LogP contribution in [0.1, 0.15) is 16.8 Å². The molecule has 0 saturated carbocycles. The molecule has 0 bridgehead atoms. The second-order valence-electron chi connectivity index (χ2n) is 3.45. The van der Waals surface area contributed by atoms with Crippen LogP contribution in [0.4, 0.5) is 10.5 Å². The first-order chi connectivity index (χ1) is 8.54. The van der Waals surface area contributed by atoms with Crippen LogP contribution in [0, 0.1) is 0 Å². The molecule has 0 fully saturated rings. The second-order valence-corrected chi connectivity index (χ2v) is 3.89. The summed E-state index contributed by atoms with van der Waals surface area (Å²) in [6, 6.07) is 3.76. The Morgan fingerprint density at radius 1 is 1.44 bits per heavy atom. The van der Waals surface area contributed by atoms with Crippen LogP contribution in [-0.4, -0.2) is 23.7 Å². The molecule has 0 unspecified atom stereocenters. The summed E-state index contributed by atoms with van der Waals surface area (Å²) >= 11 is 5.70. The van der Waals surface area contributed by atoms with Gasteiger partial charge in [-0.25, -0.2) is 9.59 Å². The highest BCUT2D eigenvalue weighted by molar-refractivity contribution is 6.31. The summed E-state index contributed by atoms with van der Waals surface area (Å²) in [5.41, 5.74) is 0.143. The lowest BCUT2D eigenvalue weighted by atomic mass is 10.2. The van der Waals surface area contributed by atoms with Gasteiger partial charge in [-0.15, -0.1) is 6.58 Å². The first-order valence-corrected chi connectivity index (χ1v) is 5.61. The van der Waals surface area contributed by atoms with Crippen LogP contribution >= 0.6 is 11.6 Å². The van der Waals surface area contributed by atoms with Gasteiger partial charge in [0, 0.05) is 11.6 Å². The molecular weight excluding hydrogens is 256 g/mol. The van der Waals surface area contributed by atoms with Crippen molar-refractivity contribution in [2.24, 2.45) is 0 Å². The van der Waals surface area contributed by atoms with E-state index in [-0.39, 0.29) is 11.3 Å². The van der Waals surface area contributed by atoms with Crippen molar-refractivity contribution in [2.45, 2.75) is 6.42 Å². The highest BCUT2D eigenvalue weighted by Gasteiger charge is 2.12. The van der Waals surface area contributed by atoms with Crippen molar-refractivity contribution in [1.82, 2.24) is 5.32 Å². The van der Waals surface area contributed by atoms with Gasteiger partial charge in [0.15, 0.2) is 0 Å². The first-order valence-electron chi connectivity index (χ1n) is 5.23. The fourth-order valence-electron chi connectivity index (χ4n) is 1.26. The van der Waals surface area contributed by atoms with E-state index in [2.05, 4.69) is 17.2 Å². The van der Waals surface area contributed by atoms with Gasteiger partial charge in [-0.3, -0.25) is 0 Å². The molecule has 0 aromatic heterocycles. The number of nitrogens with one attached hydrogen (secondary N) is 2. The van der Waals surface area contributed by atoms with E-state index in [1.165, 1.54) is 18.2 Å². The standard InChI is InChI=1S/C12H13ClN2O3/c1-2-3-6-14-12(18)15-10-5-4-8(13)7-9(10)11(16)17/h2,4-5,7H,1,3,6H2,(H,16,17)(H2,14,15,18). The molecule has 2 amide bonds. The lowest BCUT2D eigenvalue weighted by Crippen LogP contribution is -2.29. The zero-order valence-electron chi connectivity index (χ0n) is 9.57. The number of halogens is 1. The van der Waals surface area contributed by atoms with Crippen molar-refractivity contribution in [1.29, 1.82) is 0 Å². The molecule has 0 aliphatic rings. The highest BCUT2D eigenvalue weighted by Crippen LogP contribution is 2.20. The van der Waals surface area contributed by atoms with Crippen LogP contribution in [0.25, 0.3) is 0 Å². The van der Waals surface area contributed by atoms with Crippen LogP contribution in [0.3, 0.4) is 0 Å². The smallest absolute Gasteiger partial charge is 0.337 e. The maximum absolute atomic E-state index is 11.5. The fraction of sp³-hybridized carbons (Fsp3) is 0.167. The molecule has 0 aliphatic heterocycles. The summed E-state index contributed by atoms with van der Waals surface area (Å²) < 4.78 is 0. The molecule has 6 heteroatoms. The maximum atomic E-state index is 11.5. The maximum Gasteiger partial charge on any atom is 0.337 e. The van der Waals surface area contributed by atoms with E-state index in [1.807, 2.05) is 0 Å². The number of hydrogen-bond donors (Lipinski definition) is 3. The number of carboxylic acid groups (broad SMARTS) is 1. The SMILES string of the molecule is C=CCCNC(=O)Nc1ccc(Cl)cc1C(=O)O. The summed E-state index contributed by atoms with van der Waals surface area (Å²) in [5, 5.41) is 14.3. The van der Waals surface area contributed by atoms with Gasteiger partial charge in [0.1, 0.15) is 0 Å². The first kappa shape index (κ1) is 14.1.